The minimum Gasteiger partial charge on any atom is -0.460 e. The van der Waals surface area contributed by atoms with Crippen LogP contribution in [0.3, 0.4) is 0 Å². The van der Waals surface area contributed by atoms with E-state index in [1.807, 2.05) is 0 Å². The van der Waals surface area contributed by atoms with Gasteiger partial charge in [-0.25, -0.2) is 14.4 Å². The Hall–Kier alpha value is -1.88. The van der Waals surface area contributed by atoms with Gasteiger partial charge in [0.05, 0.1) is 9.47 Å². The fourth-order valence-electron chi connectivity index (χ4n) is 1.19. The second-order valence-electron chi connectivity index (χ2n) is 3.79. The van der Waals surface area contributed by atoms with Gasteiger partial charge in [0.25, 0.3) is 0 Å². The molecule has 0 aliphatic carbocycles. The van der Waals surface area contributed by atoms with Crippen molar-refractivity contribution < 1.29 is 28.4 Å². The molecule has 0 spiro atoms. The lowest BCUT2D eigenvalue weighted by Gasteiger charge is -2.31. The zero-order valence-electron chi connectivity index (χ0n) is 11.2. The Kier molecular flexibility index (Phi) is 8.24. The summed E-state index contributed by atoms with van der Waals surface area (Å²) in [5, 5.41) is 2.48. The number of carbonyl (C=O) groups is 3. The molecule has 1 N–H and O–H groups in total. The molecule has 0 heterocycles. The third-order valence-corrected chi connectivity index (χ3v) is 2.68. The van der Waals surface area contributed by atoms with Crippen molar-refractivity contribution >= 4 is 27.5 Å². The first-order valence-electron chi connectivity index (χ1n) is 5.70. The molecule has 7 nitrogen and oxygen atoms in total. The first-order chi connectivity index (χ1) is 9.42. The highest BCUT2D eigenvalue weighted by molar-refractivity contribution is 7.10. The van der Waals surface area contributed by atoms with E-state index in [1.54, 1.807) is 16.4 Å². The maximum atomic E-state index is 11.3. The van der Waals surface area contributed by atoms with Crippen molar-refractivity contribution in [1.82, 2.24) is 5.32 Å². The van der Waals surface area contributed by atoms with Crippen LogP contribution in [0.15, 0.2) is 25.3 Å². The smallest absolute Gasteiger partial charge is 0.409 e. The third-order valence-electron chi connectivity index (χ3n) is 2.47. The lowest BCUT2D eigenvalue weighted by Crippen LogP contribution is -2.55. The van der Waals surface area contributed by atoms with Gasteiger partial charge in [0.2, 0.25) is 0 Å². The Morgan fingerprint density at radius 1 is 1.15 bits per heavy atom. The van der Waals surface area contributed by atoms with Gasteiger partial charge in [-0.15, -0.1) is 0 Å². The summed E-state index contributed by atoms with van der Waals surface area (Å²) in [5.74, 6) is -1.31. The fourth-order valence-corrected chi connectivity index (χ4v) is 1.25. The molecule has 0 aromatic carbocycles. The van der Waals surface area contributed by atoms with Crippen LogP contribution in [0.5, 0.6) is 0 Å². The second kappa shape index (κ2) is 9.09. The van der Waals surface area contributed by atoms with Gasteiger partial charge in [-0.3, -0.25) is 0 Å². The third kappa shape index (κ3) is 6.33. The molecule has 112 valence electrons. The Labute approximate surface area is 119 Å². The molecular formula is C12H18NO6P. The van der Waals surface area contributed by atoms with E-state index in [-0.39, 0.29) is 13.2 Å². The molecule has 0 saturated heterocycles. The van der Waals surface area contributed by atoms with Gasteiger partial charge in [0, 0.05) is 12.2 Å². The standard InChI is InChI=1S/C12H18NO6P/c1-4-9(14)17-7-12(6-3,13-11(16)19-20)8-18-10(15)5-2/h4-5H,1-2,6-8,20H2,3H3,(H,13,16). The van der Waals surface area contributed by atoms with Crippen molar-refractivity contribution in [2.75, 3.05) is 13.2 Å². The average Bonchev–Trinajstić information content (AvgIpc) is 2.48. The highest BCUT2D eigenvalue weighted by atomic mass is 31.0. The van der Waals surface area contributed by atoms with Gasteiger partial charge in [-0.1, -0.05) is 20.1 Å². The van der Waals surface area contributed by atoms with E-state index in [2.05, 4.69) is 23.0 Å². The quantitative estimate of drug-likeness (QED) is 0.410. The van der Waals surface area contributed by atoms with Crippen LogP contribution < -0.4 is 5.32 Å². The van der Waals surface area contributed by atoms with Crippen molar-refractivity contribution in [3.05, 3.63) is 25.3 Å². The number of amides is 1. The Morgan fingerprint density at radius 2 is 1.60 bits per heavy atom. The lowest BCUT2D eigenvalue weighted by atomic mass is 9.98. The predicted molar refractivity (Wildman–Crippen MR) is 74.7 cm³/mol. The number of ether oxygens (including phenoxy) is 2. The number of esters is 2. The first-order valence-corrected chi connectivity index (χ1v) is 6.17. The van der Waals surface area contributed by atoms with E-state index in [0.717, 1.165) is 12.2 Å². The van der Waals surface area contributed by atoms with E-state index in [1.165, 1.54) is 0 Å². The molecule has 0 rings (SSSR count). The summed E-state index contributed by atoms with van der Waals surface area (Å²) < 4.78 is 14.2. The van der Waals surface area contributed by atoms with E-state index >= 15 is 0 Å². The Bertz CT molecular complexity index is 371. The first kappa shape index (κ1) is 18.1. The highest BCUT2D eigenvalue weighted by Crippen LogP contribution is 2.14. The molecule has 0 aromatic rings. The minimum atomic E-state index is -1.09. The lowest BCUT2D eigenvalue weighted by molar-refractivity contribution is -0.144. The molecule has 8 heteroatoms. The number of hydrogen-bond donors (Lipinski definition) is 1. The van der Waals surface area contributed by atoms with Crippen molar-refractivity contribution in [3.8, 4) is 0 Å². The van der Waals surface area contributed by atoms with Crippen LogP contribution >= 0.6 is 9.47 Å². The number of rotatable bonds is 8. The van der Waals surface area contributed by atoms with Gasteiger partial charge >= 0.3 is 18.0 Å². The van der Waals surface area contributed by atoms with Crippen molar-refractivity contribution in [2.24, 2.45) is 0 Å². The van der Waals surface area contributed by atoms with Gasteiger partial charge in [-0.05, 0) is 6.42 Å². The zero-order valence-corrected chi connectivity index (χ0v) is 12.4. The zero-order chi connectivity index (χ0) is 15.6. The molecule has 0 bridgehead atoms. The maximum Gasteiger partial charge on any atom is 0.409 e. The highest BCUT2D eigenvalue weighted by Gasteiger charge is 2.34. The Balaban J connectivity index is 4.89. The summed E-state index contributed by atoms with van der Waals surface area (Å²) in [6, 6.07) is 0. The minimum absolute atomic E-state index is 0.196. The van der Waals surface area contributed by atoms with Crippen LogP contribution in [-0.4, -0.2) is 36.8 Å². The second-order valence-corrected chi connectivity index (χ2v) is 4.02. The summed E-state index contributed by atoms with van der Waals surface area (Å²) >= 11 is 0. The molecule has 0 saturated carbocycles. The summed E-state index contributed by atoms with van der Waals surface area (Å²) in [7, 11) is 1.79. The van der Waals surface area contributed by atoms with E-state index < -0.39 is 23.6 Å². The van der Waals surface area contributed by atoms with Crippen molar-refractivity contribution in [1.29, 1.82) is 0 Å². The molecule has 0 aliphatic heterocycles. The van der Waals surface area contributed by atoms with Gasteiger partial charge in [0.15, 0.2) is 0 Å². The molecule has 1 amide bonds. The van der Waals surface area contributed by atoms with E-state index in [9.17, 15) is 14.4 Å². The molecule has 0 aliphatic rings. The van der Waals surface area contributed by atoms with Crippen LogP contribution in [0, 0.1) is 0 Å². The van der Waals surface area contributed by atoms with E-state index in [4.69, 9.17) is 9.47 Å². The van der Waals surface area contributed by atoms with Crippen LogP contribution in [0.25, 0.3) is 0 Å². The molecule has 0 fully saturated rings. The molecule has 1 unspecified atom stereocenters. The molecule has 20 heavy (non-hydrogen) atoms. The van der Waals surface area contributed by atoms with Crippen LogP contribution in [-0.2, 0) is 23.6 Å². The van der Waals surface area contributed by atoms with Crippen LogP contribution in [0.1, 0.15) is 13.3 Å². The molecule has 0 aromatic heterocycles. The molecule has 0 radical (unpaired) electrons. The maximum absolute atomic E-state index is 11.3. The SMILES string of the molecule is C=CC(=O)OCC(CC)(COC(=O)C=C)NC(=O)OP. The molecular weight excluding hydrogens is 285 g/mol. The predicted octanol–water partition coefficient (Wildman–Crippen LogP) is 1.11. The number of nitrogens with one attached hydrogen (secondary N) is 1. The topological polar surface area (TPSA) is 90.9 Å². The number of carbonyl (C=O) groups excluding carboxylic acids is 3. The monoisotopic (exact) mass is 303 g/mol. The van der Waals surface area contributed by atoms with Crippen LogP contribution in [0.2, 0.25) is 0 Å². The summed E-state index contributed by atoms with van der Waals surface area (Å²) in [6.07, 6.45) is 1.55. The van der Waals surface area contributed by atoms with Crippen molar-refractivity contribution in [3.63, 3.8) is 0 Å². The van der Waals surface area contributed by atoms with Crippen molar-refractivity contribution in [2.45, 2.75) is 18.9 Å². The van der Waals surface area contributed by atoms with Gasteiger partial charge < -0.3 is 19.3 Å². The van der Waals surface area contributed by atoms with Gasteiger partial charge in [-0.2, -0.15) is 0 Å². The molecule has 1 atom stereocenters. The van der Waals surface area contributed by atoms with E-state index in [0.29, 0.717) is 6.42 Å². The van der Waals surface area contributed by atoms with Gasteiger partial charge in [0.1, 0.15) is 18.8 Å². The summed E-state index contributed by atoms with van der Waals surface area (Å²) in [6.45, 7) is 7.86. The summed E-state index contributed by atoms with van der Waals surface area (Å²) in [5.41, 5.74) is -1.09. The Morgan fingerprint density at radius 3 is 1.90 bits per heavy atom. The van der Waals surface area contributed by atoms with Crippen LogP contribution in [0.4, 0.5) is 4.79 Å². The fraction of sp³-hybridized carbons (Fsp3) is 0.417. The normalized spacial score (nSPS) is 10.1. The summed E-state index contributed by atoms with van der Waals surface area (Å²) in [4.78, 5) is 33.6. The average molecular weight is 303 g/mol. The largest absolute Gasteiger partial charge is 0.460 e. The number of hydrogen-bond acceptors (Lipinski definition) is 6.